The van der Waals surface area contributed by atoms with Gasteiger partial charge in [0, 0.05) is 12.1 Å². The van der Waals surface area contributed by atoms with Gasteiger partial charge in [0.2, 0.25) is 0 Å². The van der Waals surface area contributed by atoms with Crippen LogP contribution in [0.5, 0.6) is 0 Å². The lowest BCUT2D eigenvalue weighted by atomic mass is 9.73. The van der Waals surface area contributed by atoms with Gasteiger partial charge in [0.15, 0.2) is 0 Å². The van der Waals surface area contributed by atoms with Gasteiger partial charge in [0.05, 0.1) is 0 Å². The summed E-state index contributed by atoms with van der Waals surface area (Å²) in [6, 6.07) is 0. The Morgan fingerprint density at radius 1 is 1.05 bits per heavy atom. The maximum absolute atomic E-state index is 6.11. The van der Waals surface area contributed by atoms with E-state index < -0.39 is 0 Å². The minimum atomic E-state index is 0.239. The first-order valence-corrected chi connectivity index (χ1v) is 8.51. The summed E-state index contributed by atoms with van der Waals surface area (Å²) in [4.78, 5) is 2.69. The third-order valence-corrected chi connectivity index (χ3v) is 5.85. The van der Waals surface area contributed by atoms with E-state index in [1.54, 1.807) is 0 Å². The van der Waals surface area contributed by atoms with Crippen LogP contribution in [0.15, 0.2) is 0 Å². The number of likely N-dealkylation sites (tertiary alicyclic amines) is 1. The van der Waals surface area contributed by atoms with E-state index in [1.165, 1.54) is 64.5 Å². The van der Waals surface area contributed by atoms with Crippen LogP contribution in [0.4, 0.5) is 0 Å². The third-order valence-electron chi connectivity index (χ3n) is 5.85. The third kappa shape index (κ3) is 4.19. The van der Waals surface area contributed by atoms with E-state index in [9.17, 15) is 0 Å². The first kappa shape index (κ1) is 17.0. The second kappa shape index (κ2) is 7.64. The van der Waals surface area contributed by atoms with Crippen molar-refractivity contribution in [2.45, 2.75) is 84.6 Å². The van der Waals surface area contributed by atoms with E-state index in [-0.39, 0.29) is 5.54 Å². The second-order valence-electron chi connectivity index (χ2n) is 6.85. The molecule has 2 N–H and O–H groups in total. The molecule has 0 amide bonds. The molecule has 1 rings (SSSR count). The van der Waals surface area contributed by atoms with Gasteiger partial charge < -0.3 is 5.73 Å². The van der Waals surface area contributed by atoms with Gasteiger partial charge in [-0.05, 0) is 44.7 Å². The fraction of sp³-hybridized carbons (Fsp3) is 1.00. The topological polar surface area (TPSA) is 29.3 Å². The summed E-state index contributed by atoms with van der Waals surface area (Å²) in [5, 5.41) is 0. The zero-order valence-electron chi connectivity index (χ0n) is 13.8. The summed E-state index contributed by atoms with van der Waals surface area (Å²) in [6.07, 6.45) is 10.6. The zero-order chi connectivity index (χ0) is 14.4. The molecule has 0 aromatic rings. The Kier molecular flexibility index (Phi) is 6.82. The molecular formula is C17H36N2. The van der Waals surface area contributed by atoms with Crippen LogP contribution < -0.4 is 5.73 Å². The van der Waals surface area contributed by atoms with Crippen molar-refractivity contribution in [1.29, 1.82) is 0 Å². The van der Waals surface area contributed by atoms with E-state index in [0.29, 0.717) is 5.41 Å². The largest absolute Gasteiger partial charge is 0.329 e. The lowest BCUT2D eigenvalue weighted by Crippen LogP contribution is -2.55. The molecule has 0 spiro atoms. The molecule has 1 aliphatic rings. The Labute approximate surface area is 121 Å². The minimum Gasteiger partial charge on any atom is -0.329 e. The van der Waals surface area contributed by atoms with Crippen LogP contribution in [0.1, 0.15) is 79.1 Å². The van der Waals surface area contributed by atoms with Gasteiger partial charge in [-0.3, -0.25) is 4.90 Å². The Balaban J connectivity index is 2.55. The maximum Gasteiger partial charge on any atom is 0.0303 e. The Hall–Kier alpha value is -0.0800. The molecule has 1 atom stereocenters. The molecule has 0 aromatic heterocycles. The summed E-state index contributed by atoms with van der Waals surface area (Å²) >= 11 is 0. The summed E-state index contributed by atoms with van der Waals surface area (Å²) < 4.78 is 0. The summed E-state index contributed by atoms with van der Waals surface area (Å²) in [5.41, 5.74) is 6.97. The van der Waals surface area contributed by atoms with Gasteiger partial charge >= 0.3 is 0 Å². The van der Waals surface area contributed by atoms with Gasteiger partial charge in [-0.1, -0.05) is 52.9 Å². The van der Waals surface area contributed by atoms with Crippen LogP contribution in [-0.2, 0) is 0 Å². The highest BCUT2D eigenvalue weighted by Crippen LogP contribution is 2.40. The summed E-state index contributed by atoms with van der Waals surface area (Å²) in [5.74, 6) is 0. The average Bonchev–Trinajstić information content (AvgIpc) is 2.47. The van der Waals surface area contributed by atoms with E-state index in [2.05, 4.69) is 32.6 Å². The van der Waals surface area contributed by atoms with E-state index >= 15 is 0 Å². The first-order valence-electron chi connectivity index (χ1n) is 8.51. The molecule has 1 unspecified atom stereocenters. The van der Waals surface area contributed by atoms with Crippen LogP contribution in [0, 0.1) is 5.41 Å². The number of hydrogen-bond acceptors (Lipinski definition) is 2. The standard InChI is InChI=1S/C17H36N2/c1-5-8-9-10-16(4,15-18)19-13-11-17(6-2,7-3)12-14-19/h5-15,18H2,1-4H3. The number of hydrogen-bond donors (Lipinski definition) is 1. The summed E-state index contributed by atoms with van der Waals surface area (Å²) in [7, 11) is 0. The number of unbranched alkanes of at least 4 members (excludes halogenated alkanes) is 2. The van der Waals surface area contributed by atoms with Crippen LogP contribution in [-0.4, -0.2) is 30.1 Å². The van der Waals surface area contributed by atoms with E-state index in [1.807, 2.05) is 0 Å². The van der Waals surface area contributed by atoms with Crippen molar-refractivity contribution in [2.75, 3.05) is 19.6 Å². The molecule has 0 bridgehead atoms. The molecule has 19 heavy (non-hydrogen) atoms. The van der Waals surface area contributed by atoms with Gasteiger partial charge in [-0.25, -0.2) is 0 Å². The molecule has 0 aromatic carbocycles. The molecule has 114 valence electrons. The van der Waals surface area contributed by atoms with Crippen molar-refractivity contribution < 1.29 is 0 Å². The molecule has 1 saturated heterocycles. The molecule has 1 heterocycles. The van der Waals surface area contributed by atoms with Crippen molar-refractivity contribution >= 4 is 0 Å². The fourth-order valence-electron chi connectivity index (χ4n) is 3.62. The van der Waals surface area contributed by atoms with Gasteiger partial charge in [0.25, 0.3) is 0 Å². The Morgan fingerprint density at radius 3 is 2.05 bits per heavy atom. The molecule has 1 fully saturated rings. The molecule has 1 aliphatic heterocycles. The lowest BCUT2D eigenvalue weighted by molar-refractivity contribution is 0.0195. The van der Waals surface area contributed by atoms with Gasteiger partial charge in [-0.15, -0.1) is 0 Å². The van der Waals surface area contributed by atoms with E-state index in [0.717, 1.165) is 6.54 Å². The fourth-order valence-corrected chi connectivity index (χ4v) is 3.62. The molecule has 0 aliphatic carbocycles. The molecule has 2 heteroatoms. The van der Waals surface area contributed by atoms with Crippen molar-refractivity contribution in [3.63, 3.8) is 0 Å². The van der Waals surface area contributed by atoms with Crippen LogP contribution >= 0.6 is 0 Å². The normalized spacial score (nSPS) is 23.2. The highest BCUT2D eigenvalue weighted by molar-refractivity contribution is 4.93. The van der Waals surface area contributed by atoms with Crippen molar-refractivity contribution in [3.05, 3.63) is 0 Å². The maximum atomic E-state index is 6.11. The molecule has 0 saturated carbocycles. The van der Waals surface area contributed by atoms with Crippen molar-refractivity contribution in [2.24, 2.45) is 11.1 Å². The molecular weight excluding hydrogens is 232 g/mol. The Bertz CT molecular complexity index is 238. The average molecular weight is 268 g/mol. The number of nitrogens with two attached hydrogens (primary N) is 1. The van der Waals surface area contributed by atoms with E-state index in [4.69, 9.17) is 5.73 Å². The second-order valence-corrected chi connectivity index (χ2v) is 6.85. The van der Waals surface area contributed by atoms with Gasteiger partial charge in [-0.2, -0.15) is 0 Å². The van der Waals surface area contributed by atoms with Crippen molar-refractivity contribution in [3.8, 4) is 0 Å². The zero-order valence-corrected chi connectivity index (χ0v) is 13.8. The SMILES string of the molecule is CCCCCC(C)(CN)N1CCC(CC)(CC)CC1. The lowest BCUT2D eigenvalue weighted by Gasteiger charge is -2.48. The number of piperidine rings is 1. The predicted molar refractivity (Wildman–Crippen MR) is 85.4 cm³/mol. The van der Waals surface area contributed by atoms with Crippen LogP contribution in [0.3, 0.4) is 0 Å². The van der Waals surface area contributed by atoms with Gasteiger partial charge in [0.1, 0.15) is 0 Å². The first-order chi connectivity index (χ1) is 9.05. The smallest absolute Gasteiger partial charge is 0.0303 e. The summed E-state index contributed by atoms with van der Waals surface area (Å²) in [6.45, 7) is 12.7. The quantitative estimate of drug-likeness (QED) is 0.669. The minimum absolute atomic E-state index is 0.239. The number of rotatable bonds is 8. The molecule has 0 radical (unpaired) electrons. The highest BCUT2D eigenvalue weighted by Gasteiger charge is 2.37. The van der Waals surface area contributed by atoms with Crippen LogP contribution in [0.2, 0.25) is 0 Å². The predicted octanol–water partition coefficient (Wildman–Crippen LogP) is 4.19. The molecule has 2 nitrogen and oxygen atoms in total. The number of nitrogens with zero attached hydrogens (tertiary/aromatic N) is 1. The van der Waals surface area contributed by atoms with Crippen LogP contribution in [0.25, 0.3) is 0 Å². The highest BCUT2D eigenvalue weighted by atomic mass is 15.2. The monoisotopic (exact) mass is 268 g/mol. The Morgan fingerprint density at radius 2 is 1.63 bits per heavy atom. The van der Waals surface area contributed by atoms with Crippen molar-refractivity contribution in [1.82, 2.24) is 4.90 Å².